The van der Waals surface area contributed by atoms with Gasteiger partial charge in [0.1, 0.15) is 17.1 Å². The van der Waals surface area contributed by atoms with Crippen molar-refractivity contribution in [2.75, 3.05) is 17.3 Å². The van der Waals surface area contributed by atoms with Gasteiger partial charge in [-0.1, -0.05) is 18.2 Å². The smallest absolute Gasteiger partial charge is 0.250 e. The van der Waals surface area contributed by atoms with E-state index in [1.54, 1.807) is 24.3 Å². The van der Waals surface area contributed by atoms with Crippen LogP contribution >= 0.6 is 0 Å². The van der Waals surface area contributed by atoms with Crippen molar-refractivity contribution in [1.29, 1.82) is 0 Å². The van der Waals surface area contributed by atoms with Gasteiger partial charge in [-0.3, -0.25) is 19.7 Å². The summed E-state index contributed by atoms with van der Waals surface area (Å²) in [5.74, 6) is -3.17. The highest BCUT2D eigenvalue weighted by Crippen LogP contribution is 2.54. The van der Waals surface area contributed by atoms with E-state index in [0.717, 1.165) is 21.4 Å². The molecule has 4 heterocycles. The minimum Gasteiger partial charge on any atom is -0.497 e. The Morgan fingerprint density at radius 1 is 1.00 bits per heavy atom. The van der Waals surface area contributed by atoms with Gasteiger partial charge in [-0.15, -0.1) is 0 Å². The molecule has 3 N–H and O–H groups in total. The number of carbonyl (C=O) groups is 3. The number of ether oxygens (including phenoxy) is 1. The van der Waals surface area contributed by atoms with Crippen LogP contribution in [0, 0.1) is 17.7 Å². The fraction of sp³-hybridized carbons (Fsp3) is 0.207. The van der Waals surface area contributed by atoms with E-state index in [2.05, 4.69) is 15.6 Å². The van der Waals surface area contributed by atoms with Gasteiger partial charge in [-0.05, 0) is 60.5 Å². The first-order valence-corrected chi connectivity index (χ1v) is 12.4. The molecule has 2 saturated heterocycles. The molecule has 8 nitrogen and oxygen atoms in total. The molecule has 3 aromatic carbocycles. The lowest BCUT2D eigenvalue weighted by Gasteiger charge is -2.29. The Hall–Kier alpha value is -4.50. The Bertz CT molecular complexity index is 1650. The van der Waals surface area contributed by atoms with Gasteiger partial charge in [0.05, 0.1) is 24.6 Å². The van der Waals surface area contributed by atoms with Crippen LogP contribution in [-0.4, -0.2) is 35.9 Å². The molecule has 2 fully saturated rings. The zero-order valence-electron chi connectivity index (χ0n) is 20.3. The van der Waals surface area contributed by atoms with Gasteiger partial charge < -0.3 is 15.0 Å². The summed E-state index contributed by atoms with van der Waals surface area (Å²) in [6.45, 7) is 0. The first-order chi connectivity index (χ1) is 18.4. The normalized spacial score (nSPS) is 25.8. The number of imide groups is 1. The number of benzene rings is 3. The number of para-hydroxylation sites is 1. The van der Waals surface area contributed by atoms with Gasteiger partial charge in [-0.25, -0.2) is 9.29 Å². The van der Waals surface area contributed by atoms with E-state index in [1.165, 1.54) is 25.3 Å². The number of aromatic nitrogens is 1. The van der Waals surface area contributed by atoms with Crippen LogP contribution in [0.2, 0.25) is 0 Å². The molecular weight excluding hydrogens is 487 g/mol. The summed E-state index contributed by atoms with van der Waals surface area (Å²) >= 11 is 0. The van der Waals surface area contributed by atoms with E-state index in [9.17, 15) is 18.8 Å². The molecule has 0 saturated carbocycles. The maximum absolute atomic E-state index is 14.5. The van der Waals surface area contributed by atoms with Crippen LogP contribution in [0.25, 0.3) is 10.9 Å². The third-order valence-corrected chi connectivity index (χ3v) is 8.12. The molecule has 38 heavy (non-hydrogen) atoms. The molecule has 190 valence electrons. The average molecular weight is 511 g/mol. The Morgan fingerprint density at radius 3 is 2.58 bits per heavy atom. The molecule has 0 radical (unpaired) electrons. The van der Waals surface area contributed by atoms with Crippen molar-refractivity contribution in [2.24, 2.45) is 11.8 Å². The minimum absolute atomic E-state index is 0.344. The third-order valence-electron chi connectivity index (χ3n) is 8.12. The minimum atomic E-state index is -1.58. The van der Waals surface area contributed by atoms with Crippen molar-refractivity contribution < 1.29 is 23.5 Å². The topological polar surface area (TPSA) is 104 Å². The molecule has 4 aromatic rings. The maximum Gasteiger partial charge on any atom is 0.250 e. The number of hydrogen-bond donors (Lipinski definition) is 3. The Labute approximate surface area is 216 Å². The van der Waals surface area contributed by atoms with Gasteiger partial charge in [-0.2, -0.15) is 0 Å². The second-order valence-corrected chi connectivity index (χ2v) is 9.98. The number of aromatic amines is 1. The number of fused-ring (bicyclic) bond motifs is 5. The summed E-state index contributed by atoms with van der Waals surface area (Å²) in [4.78, 5) is 46.1. The summed E-state index contributed by atoms with van der Waals surface area (Å²) in [6, 6.07) is 17.9. The summed E-state index contributed by atoms with van der Waals surface area (Å²) in [6.07, 6.45) is 2.28. The van der Waals surface area contributed by atoms with Crippen molar-refractivity contribution >= 4 is 40.0 Å². The molecule has 0 bridgehead atoms. The number of halogens is 1. The summed E-state index contributed by atoms with van der Waals surface area (Å²) in [5.41, 5.74) is 1.50. The van der Waals surface area contributed by atoms with Crippen LogP contribution in [0.5, 0.6) is 5.75 Å². The van der Waals surface area contributed by atoms with Crippen molar-refractivity contribution in [3.63, 3.8) is 0 Å². The van der Waals surface area contributed by atoms with E-state index in [-0.39, 0.29) is 0 Å². The third kappa shape index (κ3) is 2.96. The molecule has 1 spiro atoms. The van der Waals surface area contributed by atoms with Crippen molar-refractivity contribution in [2.45, 2.75) is 18.0 Å². The first kappa shape index (κ1) is 22.7. The standard InChI is InChI=1S/C29H23FN4O4/c1-38-18-9-7-17(8-10-18)34-26(35)24-23(12-15-14-31-21-5-3-2-4-19(15)21)33-29(25(24)27(34)36)20-13-16(30)6-11-22(20)32-28(29)37/h2-11,13-14,23-25,31,33H,12H2,1H3,(H,32,37)/t23-,24+,25-,29-/m0/s1. The number of methoxy groups -OCH3 is 1. The first-order valence-electron chi connectivity index (χ1n) is 12.4. The molecule has 3 amide bonds. The van der Waals surface area contributed by atoms with E-state index in [4.69, 9.17) is 4.74 Å². The van der Waals surface area contributed by atoms with Crippen LogP contribution in [0.4, 0.5) is 15.8 Å². The van der Waals surface area contributed by atoms with Gasteiger partial charge >= 0.3 is 0 Å². The SMILES string of the molecule is COc1ccc(N2C(=O)[C@@H]3[C@H](Cc4c[nH]c5ccccc45)N[C@]4(C(=O)Nc5ccc(F)cc54)[C@@H]3C2=O)cc1. The van der Waals surface area contributed by atoms with Crippen LogP contribution in [0.15, 0.2) is 72.9 Å². The van der Waals surface area contributed by atoms with Crippen molar-refractivity contribution in [1.82, 2.24) is 10.3 Å². The van der Waals surface area contributed by atoms with E-state index in [1.807, 2.05) is 30.5 Å². The Kier molecular flexibility index (Phi) is 4.77. The van der Waals surface area contributed by atoms with Crippen molar-refractivity contribution in [3.05, 3.63) is 89.9 Å². The number of rotatable bonds is 4. The number of carbonyl (C=O) groups excluding carboxylic acids is 3. The summed E-state index contributed by atoms with van der Waals surface area (Å²) in [7, 11) is 1.53. The van der Waals surface area contributed by atoms with E-state index < -0.39 is 47.0 Å². The fourth-order valence-electron chi connectivity index (χ4n) is 6.47. The van der Waals surface area contributed by atoms with Gasteiger partial charge in [0, 0.05) is 34.4 Å². The largest absolute Gasteiger partial charge is 0.497 e. The molecule has 0 aliphatic carbocycles. The molecule has 4 atom stereocenters. The highest BCUT2D eigenvalue weighted by Gasteiger charge is 2.70. The second-order valence-electron chi connectivity index (χ2n) is 9.98. The molecule has 3 aliphatic rings. The van der Waals surface area contributed by atoms with Crippen LogP contribution in [0.1, 0.15) is 11.1 Å². The number of H-pyrrole nitrogens is 1. The number of nitrogens with zero attached hydrogens (tertiary/aromatic N) is 1. The number of hydrogen-bond acceptors (Lipinski definition) is 5. The Morgan fingerprint density at radius 2 is 1.79 bits per heavy atom. The molecule has 3 aliphatic heterocycles. The van der Waals surface area contributed by atoms with Gasteiger partial charge in [0.15, 0.2) is 0 Å². The fourth-order valence-corrected chi connectivity index (χ4v) is 6.47. The maximum atomic E-state index is 14.5. The number of amides is 3. The van der Waals surface area contributed by atoms with E-state index >= 15 is 0 Å². The number of nitrogens with one attached hydrogen (secondary N) is 3. The van der Waals surface area contributed by atoms with Crippen LogP contribution in [-0.2, 0) is 26.3 Å². The van der Waals surface area contributed by atoms with Gasteiger partial charge in [0.25, 0.3) is 0 Å². The van der Waals surface area contributed by atoms with Gasteiger partial charge in [0.2, 0.25) is 17.7 Å². The van der Waals surface area contributed by atoms with Crippen LogP contribution in [0.3, 0.4) is 0 Å². The lowest BCUT2D eigenvalue weighted by atomic mass is 9.76. The molecular formula is C29H23FN4O4. The zero-order valence-corrected chi connectivity index (χ0v) is 20.3. The van der Waals surface area contributed by atoms with Crippen LogP contribution < -0.4 is 20.3 Å². The molecule has 7 rings (SSSR count). The predicted octanol–water partition coefficient (Wildman–Crippen LogP) is 3.48. The molecule has 0 unspecified atom stereocenters. The molecule has 9 heteroatoms. The summed E-state index contributed by atoms with van der Waals surface area (Å²) in [5, 5.41) is 7.18. The quantitative estimate of drug-likeness (QED) is 0.365. The lowest BCUT2D eigenvalue weighted by molar-refractivity contribution is -0.130. The predicted molar refractivity (Wildman–Crippen MR) is 138 cm³/mol. The molecule has 1 aromatic heterocycles. The highest BCUT2D eigenvalue weighted by molar-refractivity contribution is 6.25. The van der Waals surface area contributed by atoms with Crippen molar-refractivity contribution in [3.8, 4) is 5.75 Å². The monoisotopic (exact) mass is 510 g/mol. The highest BCUT2D eigenvalue weighted by atomic mass is 19.1. The second kappa shape index (κ2) is 8.00. The average Bonchev–Trinajstić information content (AvgIpc) is 3.63. The summed E-state index contributed by atoms with van der Waals surface area (Å²) < 4.78 is 19.7. The Balaban J connectivity index is 1.37. The lowest BCUT2D eigenvalue weighted by Crippen LogP contribution is -2.53. The zero-order chi connectivity index (χ0) is 26.2. The number of anilines is 2. The van der Waals surface area contributed by atoms with E-state index in [0.29, 0.717) is 29.1 Å².